The molecule has 0 saturated carbocycles. The van der Waals surface area contributed by atoms with Crippen molar-refractivity contribution in [3.05, 3.63) is 0 Å². The number of piperidine rings is 2. The third kappa shape index (κ3) is 39.8. The maximum absolute atomic E-state index is 3.38. The highest BCUT2D eigenvalue weighted by Gasteiger charge is 2.09. The van der Waals surface area contributed by atoms with Crippen molar-refractivity contribution in [1.82, 2.24) is 73.6 Å². The fourth-order valence-corrected chi connectivity index (χ4v) is 7.93. The van der Waals surface area contributed by atoms with Gasteiger partial charge in [0.15, 0.2) is 0 Å². The van der Waals surface area contributed by atoms with Crippen molar-refractivity contribution < 1.29 is 0 Å². The molecule has 11 N–H and O–H groups in total. The highest BCUT2D eigenvalue weighted by Crippen LogP contribution is 2.06. The van der Waals surface area contributed by atoms with Crippen LogP contribution in [0, 0.1) is 11.8 Å². The molecule has 10 heterocycles. The quantitative estimate of drug-likeness (QED) is 0.172. The molecular weight excluding hydrogens is 773 g/mol. The zero-order valence-corrected chi connectivity index (χ0v) is 42.8. The first kappa shape index (κ1) is 59.5. The lowest BCUT2D eigenvalue weighted by molar-refractivity contribution is 0.277. The molecule has 10 aliphatic rings. The van der Waals surface area contributed by atoms with Gasteiger partial charge in [-0.15, -0.1) is 0 Å². The van der Waals surface area contributed by atoms with E-state index >= 15 is 0 Å². The Morgan fingerprint density at radius 3 is 1.08 bits per heavy atom. The van der Waals surface area contributed by atoms with Crippen LogP contribution < -0.4 is 58.8 Å². The van der Waals surface area contributed by atoms with Gasteiger partial charge in [0.1, 0.15) is 0 Å². The summed E-state index contributed by atoms with van der Waals surface area (Å²) in [5.41, 5.74) is 9.24. The van der Waals surface area contributed by atoms with Gasteiger partial charge in [-0.1, -0.05) is 26.7 Å². The first-order valence-corrected chi connectivity index (χ1v) is 26.0. The van der Waals surface area contributed by atoms with Crippen LogP contribution in [0.3, 0.4) is 0 Å². The molecule has 0 radical (unpaired) electrons. The van der Waals surface area contributed by atoms with Crippen LogP contribution >= 0.6 is 0 Å². The van der Waals surface area contributed by atoms with Crippen molar-refractivity contribution in [2.75, 3.05) is 133 Å². The Morgan fingerprint density at radius 2 is 0.919 bits per heavy atom. The minimum absolute atomic E-state index is 0.546. The van der Waals surface area contributed by atoms with E-state index in [-0.39, 0.29) is 0 Å². The average molecular weight is 884 g/mol. The fourth-order valence-electron chi connectivity index (χ4n) is 7.93. The fraction of sp³-hybridized carbons (Fsp3) is 1.00. The van der Waals surface area contributed by atoms with Crippen LogP contribution in [0.2, 0.25) is 0 Å². The first-order valence-electron chi connectivity index (χ1n) is 26.0. The van der Waals surface area contributed by atoms with E-state index in [1.807, 2.05) is 0 Å². The van der Waals surface area contributed by atoms with Crippen molar-refractivity contribution in [3.8, 4) is 0 Å². The first-order chi connectivity index (χ1) is 29.9. The Bertz CT molecular complexity index is 692. The molecule has 10 saturated heterocycles. The van der Waals surface area contributed by atoms with Gasteiger partial charge in [0, 0.05) is 83.7 Å². The summed E-state index contributed by atoms with van der Waals surface area (Å²) in [6.07, 6.45) is 19.8. The predicted molar refractivity (Wildman–Crippen MR) is 271 cm³/mol. The summed E-state index contributed by atoms with van der Waals surface area (Å²) >= 11 is 0. The summed E-state index contributed by atoms with van der Waals surface area (Å²) in [7, 11) is 6.37. The minimum atomic E-state index is 0.546. The van der Waals surface area contributed by atoms with Crippen molar-refractivity contribution in [2.45, 2.75) is 169 Å². The van der Waals surface area contributed by atoms with Gasteiger partial charge in [-0.05, 0) is 197 Å². The van der Waals surface area contributed by atoms with Crippen LogP contribution in [0.4, 0.5) is 0 Å². The van der Waals surface area contributed by atoms with Crippen molar-refractivity contribution in [1.29, 1.82) is 0 Å². The molecule has 0 spiro atoms. The normalized spacial score (nSPS) is 30.7. The van der Waals surface area contributed by atoms with E-state index in [1.54, 1.807) is 0 Å². The average Bonchev–Trinajstić information content (AvgIpc) is 4.10. The van der Waals surface area contributed by atoms with Gasteiger partial charge < -0.3 is 47.4 Å². The molecule has 0 aromatic heterocycles. The molecule has 10 fully saturated rings. The predicted octanol–water partition coefficient (Wildman–Crippen LogP) is 3.70. The Kier molecular flexibility index (Phi) is 40.1. The summed E-state index contributed by atoms with van der Waals surface area (Å²) in [5, 5.41) is 28.3. The van der Waals surface area contributed by atoms with Crippen LogP contribution in [0.1, 0.15) is 138 Å². The highest BCUT2D eigenvalue weighted by atomic mass is 15.5. The SMILES string of the molecule is CC1CCCCN1.CC1CCCN1.CC1CCCN1.CC1CCNC1.CC1CCNC1.CC1CCNN1.CC1NCCN1.CN1CCCCC1.CN1CCCN1.CN1CCNC1. The molecule has 10 rings (SSSR count). The monoisotopic (exact) mass is 883 g/mol. The van der Waals surface area contributed by atoms with Gasteiger partial charge in [0.25, 0.3) is 0 Å². The van der Waals surface area contributed by atoms with E-state index in [0.717, 1.165) is 69.4 Å². The molecule has 62 heavy (non-hydrogen) atoms. The van der Waals surface area contributed by atoms with E-state index in [2.05, 4.69) is 143 Å². The van der Waals surface area contributed by atoms with Crippen molar-refractivity contribution >= 4 is 0 Å². The molecule has 10 aliphatic heterocycles. The second-order valence-corrected chi connectivity index (χ2v) is 19.7. The largest absolute Gasteiger partial charge is 0.316 e. The summed E-state index contributed by atoms with van der Waals surface area (Å²) in [4.78, 5) is 4.64. The van der Waals surface area contributed by atoms with Crippen LogP contribution in [0.5, 0.6) is 0 Å². The van der Waals surface area contributed by atoms with Gasteiger partial charge in [-0.25, -0.2) is 5.01 Å². The molecule has 0 aliphatic carbocycles. The van der Waals surface area contributed by atoms with Gasteiger partial charge in [0.2, 0.25) is 0 Å². The standard InChI is InChI=1S/2C6H13N.4C5H11N.4C4H10N2/c1-7-5-3-2-4-6-7;1-6-4-2-3-5-7-6;2*1-5-2-3-6-4-5;2*1-5-3-2-4-6-5;1-6-3-2-5-4-6;1-6-4-2-3-5-6;1-4-5-2-3-6-4;1-4-2-3-5-6-4/h2-6H2,1H3;6-7H,2-5H2,1H3;4*5-6H,2-4H2,1H3;2*5H,2-4H2,1H3;2*4-6H,2-3H2,1H3. The number of nitrogens with one attached hydrogen (secondary N) is 11. The Hall–Kier alpha value is -0.560. The number of likely N-dealkylation sites (N-methyl/N-ethyl adjacent to an activating group) is 1. The molecule has 6 unspecified atom stereocenters. The van der Waals surface area contributed by atoms with E-state index in [9.17, 15) is 0 Å². The lowest BCUT2D eigenvalue weighted by Crippen LogP contribution is -2.30. The van der Waals surface area contributed by atoms with Gasteiger partial charge >= 0.3 is 0 Å². The molecule has 6 atom stereocenters. The van der Waals surface area contributed by atoms with E-state index in [0.29, 0.717) is 12.2 Å². The van der Waals surface area contributed by atoms with Gasteiger partial charge in [0.05, 0.1) is 6.17 Å². The molecule has 0 aromatic rings. The van der Waals surface area contributed by atoms with Crippen LogP contribution in [0.25, 0.3) is 0 Å². The lowest BCUT2D eigenvalue weighted by Gasteiger charge is -2.20. The molecule has 0 amide bonds. The highest BCUT2D eigenvalue weighted by molar-refractivity contribution is 4.70. The lowest BCUT2D eigenvalue weighted by atomic mass is 10.1. The summed E-state index contributed by atoms with van der Waals surface area (Å²) in [6, 6.07) is 3.06. The molecule has 14 nitrogen and oxygen atoms in total. The molecular formula is C48H110N14. The Labute approximate surface area is 385 Å². The number of hydrazine groups is 2. The zero-order valence-electron chi connectivity index (χ0n) is 42.8. The number of nitrogens with zero attached hydrogens (tertiary/aromatic N) is 3. The number of hydrogen-bond donors (Lipinski definition) is 11. The topological polar surface area (TPSA) is 142 Å². The van der Waals surface area contributed by atoms with E-state index < -0.39 is 0 Å². The maximum Gasteiger partial charge on any atom is 0.0543 e. The molecule has 0 aromatic carbocycles. The van der Waals surface area contributed by atoms with E-state index in [1.165, 1.54) is 162 Å². The van der Waals surface area contributed by atoms with Crippen molar-refractivity contribution in [3.63, 3.8) is 0 Å². The summed E-state index contributed by atoms with van der Waals surface area (Å²) in [6.45, 7) is 36.0. The van der Waals surface area contributed by atoms with Crippen LogP contribution in [-0.4, -0.2) is 178 Å². The molecule has 0 bridgehead atoms. The minimum Gasteiger partial charge on any atom is -0.316 e. The van der Waals surface area contributed by atoms with E-state index in [4.69, 9.17) is 0 Å². The van der Waals surface area contributed by atoms with Crippen LogP contribution in [-0.2, 0) is 0 Å². The Morgan fingerprint density at radius 1 is 0.371 bits per heavy atom. The smallest absolute Gasteiger partial charge is 0.0543 e. The summed E-state index contributed by atoms with van der Waals surface area (Å²) in [5.74, 6) is 1.87. The number of hydrogen-bond acceptors (Lipinski definition) is 14. The summed E-state index contributed by atoms with van der Waals surface area (Å²) < 4.78 is 0. The molecule has 14 heteroatoms. The maximum atomic E-state index is 3.38. The van der Waals surface area contributed by atoms with Gasteiger partial charge in [-0.2, -0.15) is 0 Å². The Balaban J connectivity index is 0.000000345. The second kappa shape index (κ2) is 41.8. The third-order valence-corrected chi connectivity index (χ3v) is 12.5. The van der Waals surface area contributed by atoms with Gasteiger partial charge in [-0.3, -0.25) is 21.2 Å². The zero-order chi connectivity index (χ0) is 45.5. The number of rotatable bonds is 0. The second-order valence-electron chi connectivity index (χ2n) is 19.7. The number of likely N-dealkylation sites (tertiary alicyclic amines) is 1. The molecule has 372 valence electrons. The van der Waals surface area contributed by atoms with Crippen LogP contribution in [0.15, 0.2) is 0 Å². The van der Waals surface area contributed by atoms with Crippen molar-refractivity contribution in [2.24, 2.45) is 11.8 Å². The third-order valence-electron chi connectivity index (χ3n) is 12.5.